The fourth-order valence-electron chi connectivity index (χ4n) is 2.55. The number of nitrogens with zero attached hydrogens (tertiary/aromatic N) is 1. The summed E-state index contributed by atoms with van der Waals surface area (Å²) in [5, 5.41) is 14.1. The Morgan fingerprint density at radius 1 is 1.37 bits per heavy atom. The number of nitro groups is 1. The van der Waals surface area contributed by atoms with Crippen LogP contribution in [0.5, 0.6) is 0 Å². The van der Waals surface area contributed by atoms with Crippen molar-refractivity contribution in [3.63, 3.8) is 0 Å². The van der Waals surface area contributed by atoms with E-state index in [0.29, 0.717) is 0 Å². The van der Waals surface area contributed by atoms with E-state index in [9.17, 15) is 10.1 Å². The van der Waals surface area contributed by atoms with Gasteiger partial charge < -0.3 is 5.32 Å². The Kier molecular flexibility index (Phi) is 5.01. The standard InChI is InChI=1S/C14H19IN2O2/c1-10-2-4-11(5-3-10)9-16-14-7-6-12(17(18)19)8-13(14)15/h6-8,10-11,16H,2-5,9H2,1H3. The van der Waals surface area contributed by atoms with E-state index in [4.69, 9.17) is 0 Å². The Morgan fingerprint density at radius 3 is 2.63 bits per heavy atom. The summed E-state index contributed by atoms with van der Waals surface area (Å²) in [6.45, 7) is 3.30. The van der Waals surface area contributed by atoms with Crippen LogP contribution in [0.4, 0.5) is 11.4 Å². The molecule has 0 bridgehead atoms. The van der Waals surface area contributed by atoms with E-state index < -0.39 is 0 Å². The summed E-state index contributed by atoms with van der Waals surface area (Å²) in [7, 11) is 0. The summed E-state index contributed by atoms with van der Waals surface area (Å²) in [4.78, 5) is 10.3. The van der Waals surface area contributed by atoms with Gasteiger partial charge in [-0.1, -0.05) is 19.8 Å². The van der Waals surface area contributed by atoms with E-state index in [1.807, 2.05) is 6.07 Å². The molecule has 0 heterocycles. The SMILES string of the molecule is CC1CCC(CNc2ccc([N+](=O)[O-])cc2I)CC1. The molecule has 1 N–H and O–H groups in total. The van der Waals surface area contributed by atoms with Gasteiger partial charge in [0.2, 0.25) is 0 Å². The molecule has 1 aromatic rings. The Bertz CT molecular complexity index is 457. The predicted molar refractivity (Wildman–Crippen MR) is 85.4 cm³/mol. The molecule has 1 aliphatic rings. The molecule has 19 heavy (non-hydrogen) atoms. The van der Waals surface area contributed by atoms with E-state index in [-0.39, 0.29) is 10.6 Å². The normalized spacial score (nSPS) is 23.1. The van der Waals surface area contributed by atoms with Crippen LogP contribution in [0.1, 0.15) is 32.6 Å². The van der Waals surface area contributed by atoms with Crippen molar-refractivity contribution in [2.75, 3.05) is 11.9 Å². The molecule has 0 radical (unpaired) electrons. The van der Waals surface area contributed by atoms with Gasteiger partial charge in [0.1, 0.15) is 0 Å². The Morgan fingerprint density at radius 2 is 2.05 bits per heavy atom. The molecule has 1 aliphatic carbocycles. The van der Waals surface area contributed by atoms with Crippen molar-refractivity contribution in [2.24, 2.45) is 11.8 Å². The Labute approximate surface area is 127 Å². The molecule has 0 amide bonds. The zero-order valence-corrected chi connectivity index (χ0v) is 13.2. The van der Waals surface area contributed by atoms with Crippen molar-refractivity contribution in [1.29, 1.82) is 0 Å². The van der Waals surface area contributed by atoms with Gasteiger partial charge in [-0.25, -0.2) is 0 Å². The van der Waals surface area contributed by atoms with Gasteiger partial charge in [0.15, 0.2) is 0 Å². The van der Waals surface area contributed by atoms with E-state index in [1.165, 1.54) is 25.7 Å². The highest BCUT2D eigenvalue weighted by atomic mass is 127. The smallest absolute Gasteiger partial charge is 0.270 e. The molecule has 0 unspecified atom stereocenters. The summed E-state index contributed by atoms with van der Waals surface area (Å²) >= 11 is 2.15. The van der Waals surface area contributed by atoms with Gasteiger partial charge in [-0.3, -0.25) is 10.1 Å². The van der Waals surface area contributed by atoms with Gasteiger partial charge >= 0.3 is 0 Å². The average molecular weight is 374 g/mol. The quantitative estimate of drug-likeness (QED) is 0.482. The van der Waals surface area contributed by atoms with Crippen LogP contribution in [0.3, 0.4) is 0 Å². The first-order valence-electron chi connectivity index (χ1n) is 6.74. The lowest BCUT2D eigenvalue weighted by Crippen LogP contribution is -2.20. The molecule has 0 spiro atoms. The van der Waals surface area contributed by atoms with Gasteiger partial charge in [0, 0.05) is 27.9 Å². The summed E-state index contributed by atoms with van der Waals surface area (Å²) in [5.41, 5.74) is 1.16. The van der Waals surface area contributed by atoms with Crippen molar-refractivity contribution in [3.8, 4) is 0 Å². The lowest BCUT2D eigenvalue weighted by Gasteiger charge is -2.26. The summed E-state index contributed by atoms with van der Waals surface area (Å²) < 4.78 is 0.913. The maximum Gasteiger partial charge on any atom is 0.270 e. The molecule has 2 rings (SSSR count). The lowest BCUT2D eigenvalue weighted by molar-refractivity contribution is -0.384. The fourth-order valence-corrected chi connectivity index (χ4v) is 3.24. The minimum atomic E-state index is -0.353. The topological polar surface area (TPSA) is 55.2 Å². The average Bonchev–Trinajstić information content (AvgIpc) is 2.39. The molecule has 0 aliphatic heterocycles. The fraction of sp³-hybridized carbons (Fsp3) is 0.571. The third-order valence-corrected chi connectivity index (χ3v) is 4.77. The van der Waals surface area contributed by atoms with Crippen molar-refractivity contribution >= 4 is 34.0 Å². The minimum Gasteiger partial charge on any atom is -0.384 e. The highest BCUT2D eigenvalue weighted by Crippen LogP contribution is 2.29. The number of hydrogen-bond donors (Lipinski definition) is 1. The van der Waals surface area contributed by atoms with E-state index in [2.05, 4.69) is 34.8 Å². The van der Waals surface area contributed by atoms with Crippen LogP contribution >= 0.6 is 22.6 Å². The first-order chi connectivity index (χ1) is 9.06. The number of nitro benzene ring substituents is 1. The first-order valence-corrected chi connectivity index (χ1v) is 7.82. The van der Waals surface area contributed by atoms with Gasteiger partial charge in [-0.15, -0.1) is 0 Å². The number of anilines is 1. The second kappa shape index (κ2) is 6.54. The number of halogens is 1. The highest BCUT2D eigenvalue weighted by molar-refractivity contribution is 14.1. The summed E-state index contributed by atoms with van der Waals surface area (Å²) in [6, 6.07) is 4.99. The maximum absolute atomic E-state index is 10.7. The molecule has 1 aromatic carbocycles. The van der Waals surface area contributed by atoms with Crippen LogP contribution in [-0.4, -0.2) is 11.5 Å². The van der Waals surface area contributed by atoms with Crippen LogP contribution in [0.15, 0.2) is 18.2 Å². The largest absolute Gasteiger partial charge is 0.384 e. The van der Waals surface area contributed by atoms with Crippen LogP contribution in [0.25, 0.3) is 0 Å². The van der Waals surface area contributed by atoms with E-state index >= 15 is 0 Å². The second-order valence-electron chi connectivity index (χ2n) is 5.43. The summed E-state index contributed by atoms with van der Waals surface area (Å²) in [6.07, 6.45) is 5.23. The molecule has 5 heteroatoms. The number of rotatable bonds is 4. The van der Waals surface area contributed by atoms with Crippen molar-refractivity contribution in [2.45, 2.75) is 32.6 Å². The molecule has 0 atom stereocenters. The maximum atomic E-state index is 10.7. The van der Waals surface area contributed by atoms with Gasteiger partial charge in [-0.05, 0) is 53.3 Å². The monoisotopic (exact) mass is 374 g/mol. The molecule has 0 saturated heterocycles. The van der Waals surface area contributed by atoms with Gasteiger partial charge in [0.25, 0.3) is 5.69 Å². The van der Waals surface area contributed by atoms with Gasteiger partial charge in [0.05, 0.1) is 4.92 Å². The molecular formula is C14H19IN2O2. The number of benzene rings is 1. The zero-order chi connectivity index (χ0) is 13.8. The predicted octanol–water partition coefficient (Wildman–Crippen LogP) is 4.44. The van der Waals surface area contributed by atoms with Crippen LogP contribution in [0, 0.1) is 25.5 Å². The number of non-ortho nitro benzene ring substituents is 1. The Balaban J connectivity index is 1.91. The number of nitrogens with one attached hydrogen (secondary N) is 1. The first kappa shape index (κ1) is 14.6. The van der Waals surface area contributed by atoms with Crippen LogP contribution < -0.4 is 5.32 Å². The van der Waals surface area contributed by atoms with E-state index in [1.54, 1.807) is 12.1 Å². The highest BCUT2D eigenvalue weighted by Gasteiger charge is 2.18. The number of hydrogen-bond acceptors (Lipinski definition) is 3. The van der Waals surface area contributed by atoms with Gasteiger partial charge in [-0.2, -0.15) is 0 Å². The minimum absolute atomic E-state index is 0.154. The molecule has 1 fully saturated rings. The third-order valence-electron chi connectivity index (χ3n) is 3.88. The molecule has 4 nitrogen and oxygen atoms in total. The van der Waals surface area contributed by atoms with E-state index in [0.717, 1.165) is 27.6 Å². The molecule has 1 saturated carbocycles. The molecular weight excluding hydrogens is 355 g/mol. The van der Waals surface area contributed by atoms with Crippen molar-refractivity contribution < 1.29 is 4.92 Å². The second-order valence-corrected chi connectivity index (χ2v) is 6.59. The van der Waals surface area contributed by atoms with Crippen LogP contribution in [0.2, 0.25) is 0 Å². The molecule has 0 aromatic heterocycles. The summed E-state index contributed by atoms with van der Waals surface area (Å²) in [5.74, 6) is 1.61. The Hall–Kier alpha value is -0.850. The zero-order valence-electron chi connectivity index (χ0n) is 11.1. The third kappa shape index (κ3) is 4.06. The van der Waals surface area contributed by atoms with Crippen molar-refractivity contribution in [1.82, 2.24) is 0 Å². The van der Waals surface area contributed by atoms with Crippen molar-refractivity contribution in [3.05, 3.63) is 31.9 Å². The molecule has 104 valence electrons. The lowest BCUT2D eigenvalue weighted by atomic mass is 9.83. The van der Waals surface area contributed by atoms with Crippen LogP contribution in [-0.2, 0) is 0 Å².